The molecule has 1 N–H and O–H groups in total. The van der Waals surface area contributed by atoms with E-state index >= 15 is 0 Å². The number of hydrogen-bond acceptors (Lipinski definition) is 5. The molecule has 0 aromatic rings. The summed E-state index contributed by atoms with van der Waals surface area (Å²) in [4.78, 5) is 12.9. The minimum absolute atomic E-state index is 0.0960. The summed E-state index contributed by atoms with van der Waals surface area (Å²) in [5.74, 6) is -0.912. The Morgan fingerprint density at radius 3 is 2.32 bits per heavy atom. The quantitative estimate of drug-likeness (QED) is 0.795. The molecule has 0 spiro atoms. The highest BCUT2D eigenvalue weighted by molar-refractivity contribution is 7.92. The summed E-state index contributed by atoms with van der Waals surface area (Å²) in [7, 11) is -3.01. The van der Waals surface area contributed by atoms with Gasteiger partial charge in [0.15, 0.2) is 15.9 Å². The van der Waals surface area contributed by atoms with Crippen LogP contribution in [0.15, 0.2) is 0 Å². The lowest BCUT2D eigenvalue weighted by molar-refractivity contribution is -0.149. The van der Waals surface area contributed by atoms with Gasteiger partial charge in [-0.05, 0) is 26.7 Å². The average Bonchev–Trinajstić information content (AvgIpc) is 2.75. The maximum atomic E-state index is 11.9. The Morgan fingerprint density at radius 2 is 1.84 bits per heavy atom. The second-order valence-electron chi connectivity index (χ2n) is 5.59. The van der Waals surface area contributed by atoms with Gasteiger partial charge in [0.1, 0.15) is 0 Å². The molecule has 6 nitrogen and oxygen atoms in total. The third-order valence-electron chi connectivity index (χ3n) is 4.00. The van der Waals surface area contributed by atoms with Crippen molar-refractivity contribution in [2.75, 3.05) is 19.6 Å². The Morgan fingerprint density at radius 1 is 1.26 bits per heavy atom. The zero-order valence-corrected chi connectivity index (χ0v) is 12.1. The second-order valence-corrected chi connectivity index (χ2v) is 8.38. The largest absolute Gasteiger partial charge is 0.479 e. The third kappa shape index (κ3) is 3.09. The van der Waals surface area contributed by atoms with Gasteiger partial charge < -0.3 is 9.84 Å². The molecule has 2 aliphatic heterocycles. The zero-order chi connectivity index (χ0) is 14.2. The number of carboxylic acid groups (broad SMARTS) is 1. The van der Waals surface area contributed by atoms with E-state index in [1.54, 1.807) is 13.8 Å². The summed E-state index contributed by atoms with van der Waals surface area (Å²) < 4.78 is 29.3. The highest BCUT2D eigenvalue weighted by Crippen LogP contribution is 2.24. The number of nitrogens with zero attached hydrogens (tertiary/aromatic N) is 1. The van der Waals surface area contributed by atoms with Gasteiger partial charge in [-0.2, -0.15) is 0 Å². The van der Waals surface area contributed by atoms with Gasteiger partial charge in [-0.25, -0.2) is 13.2 Å². The van der Waals surface area contributed by atoms with Crippen molar-refractivity contribution in [3.8, 4) is 0 Å². The van der Waals surface area contributed by atoms with Crippen LogP contribution in [0.4, 0.5) is 0 Å². The van der Waals surface area contributed by atoms with E-state index in [4.69, 9.17) is 9.84 Å². The van der Waals surface area contributed by atoms with Crippen molar-refractivity contribution >= 4 is 15.8 Å². The number of aliphatic carboxylic acids is 1. The van der Waals surface area contributed by atoms with Crippen LogP contribution in [-0.4, -0.2) is 66.7 Å². The number of rotatable bonds is 3. The smallest absolute Gasteiger partial charge is 0.332 e. The first-order valence-corrected chi connectivity index (χ1v) is 8.25. The fourth-order valence-corrected chi connectivity index (χ4v) is 4.50. The predicted molar refractivity (Wildman–Crippen MR) is 69.8 cm³/mol. The first-order chi connectivity index (χ1) is 8.80. The van der Waals surface area contributed by atoms with Crippen LogP contribution in [0.2, 0.25) is 0 Å². The van der Waals surface area contributed by atoms with Crippen LogP contribution >= 0.6 is 0 Å². The Kier molecular flexibility index (Phi) is 4.17. The molecule has 4 atom stereocenters. The van der Waals surface area contributed by atoms with E-state index < -0.39 is 21.9 Å². The molecule has 0 aromatic carbocycles. The van der Waals surface area contributed by atoms with Gasteiger partial charge in [-0.1, -0.05) is 0 Å². The summed E-state index contributed by atoms with van der Waals surface area (Å²) in [6.45, 7) is 5.09. The molecule has 0 aromatic heterocycles. The molecule has 110 valence electrons. The van der Waals surface area contributed by atoms with E-state index in [2.05, 4.69) is 4.90 Å². The molecule has 2 saturated heterocycles. The number of carboxylic acids is 1. The Hall–Kier alpha value is -0.660. The van der Waals surface area contributed by atoms with E-state index in [0.29, 0.717) is 26.1 Å². The molecule has 7 heteroatoms. The lowest BCUT2D eigenvalue weighted by Crippen LogP contribution is -2.51. The van der Waals surface area contributed by atoms with E-state index in [1.165, 1.54) is 0 Å². The van der Waals surface area contributed by atoms with Gasteiger partial charge >= 0.3 is 5.97 Å². The SMILES string of the molecule is CC1CN(C[C@H]2CC[C@@H](C(=O)O)O2)CC(C)S1(=O)=O. The molecule has 2 rings (SSSR count). The van der Waals surface area contributed by atoms with Crippen molar-refractivity contribution in [2.24, 2.45) is 0 Å². The number of ether oxygens (including phenoxy) is 1. The van der Waals surface area contributed by atoms with Gasteiger partial charge in [0.2, 0.25) is 0 Å². The normalized spacial score (nSPS) is 39.3. The monoisotopic (exact) mass is 291 g/mol. The molecule has 19 heavy (non-hydrogen) atoms. The maximum absolute atomic E-state index is 11.9. The molecule has 0 amide bonds. The Balaban J connectivity index is 1.90. The molecular formula is C12H21NO5S. The van der Waals surface area contributed by atoms with Crippen LogP contribution in [0.25, 0.3) is 0 Å². The second kappa shape index (κ2) is 5.38. The molecule has 0 radical (unpaired) electrons. The summed E-state index contributed by atoms with van der Waals surface area (Å²) in [6, 6.07) is 0. The molecule has 0 bridgehead atoms. The van der Waals surface area contributed by atoms with Crippen molar-refractivity contribution in [3.05, 3.63) is 0 Å². The van der Waals surface area contributed by atoms with Gasteiger partial charge in [0.05, 0.1) is 16.6 Å². The van der Waals surface area contributed by atoms with Gasteiger partial charge in [-0.15, -0.1) is 0 Å². The molecule has 2 fully saturated rings. The van der Waals surface area contributed by atoms with Crippen LogP contribution in [-0.2, 0) is 19.4 Å². The summed E-state index contributed by atoms with van der Waals surface area (Å²) >= 11 is 0. The van der Waals surface area contributed by atoms with Crippen LogP contribution < -0.4 is 0 Å². The van der Waals surface area contributed by atoms with Gasteiger partial charge in [0.25, 0.3) is 0 Å². The van der Waals surface area contributed by atoms with Crippen LogP contribution in [0.5, 0.6) is 0 Å². The lowest BCUT2D eigenvalue weighted by Gasteiger charge is -2.35. The van der Waals surface area contributed by atoms with Crippen LogP contribution in [0.3, 0.4) is 0 Å². The standard InChI is InChI=1S/C12H21NO5S/c1-8-5-13(6-9(2)19(8,16)17)7-10-3-4-11(18-10)12(14)15/h8-11H,3-7H2,1-2H3,(H,14,15)/t8?,9?,10-,11+/m1/s1. The molecular weight excluding hydrogens is 270 g/mol. The van der Waals surface area contributed by atoms with Crippen molar-refractivity contribution in [2.45, 2.75) is 49.4 Å². The summed E-state index contributed by atoms with van der Waals surface area (Å²) in [5.41, 5.74) is 0. The molecule has 2 unspecified atom stereocenters. The van der Waals surface area contributed by atoms with Crippen LogP contribution in [0, 0.1) is 0 Å². The number of sulfone groups is 1. The van der Waals surface area contributed by atoms with E-state index in [0.717, 1.165) is 6.42 Å². The van der Waals surface area contributed by atoms with Crippen molar-refractivity contribution < 1.29 is 23.1 Å². The minimum atomic E-state index is -3.01. The first-order valence-electron chi connectivity index (χ1n) is 6.64. The molecule has 2 heterocycles. The fraction of sp³-hybridized carbons (Fsp3) is 0.917. The van der Waals surface area contributed by atoms with Crippen molar-refractivity contribution in [1.82, 2.24) is 4.90 Å². The molecule has 0 saturated carbocycles. The average molecular weight is 291 g/mol. The predicted octanol–water partition coefficient (Wildman–Crippen LogP) is 0.126. The third-order valence-corrected chi connectivity index (χ3v) is 6.54. The molecule has 2 aliphatic rings. The summed E-state index contributed by atoms with van der Waals surface area (Å²) in [6.07, 6.45) is 0.468. The minimum Gasteiger partial charge on any atom is -0.479 e. The lowest BCUT2D eigenvalue weighted by atomic mass is 10.2. The maximum Gasteiger partial charge on any atom is 0.332 e. The zero-order valence-electron chi connectivity index (χ0n) is 11.3. The highest BCUT2D eigenvalue weighted by Gasteiger charge is 2.38. The number of carbonyl (C=O) groups is 1. The van der Waals surface area contributed by atoms with Crippen LogP contribution in [0.1, 0.15) is 26.7 Å². The van der Waals surface area contributed by atoms with Crippen molar-refractivity contribution in [3.63, 3.8) is 0 Å². The first kappa shape index (κ1) is 14.7. The number of hydrogen-bond donors (Lipinski definition) is 1. The van der Waals surface area contributed by atoms with E-state index in [9.17, 15) is 13.2 Å². The van der Waals surface area contributed by atoms with E-state index in [1.807, 2.05) is 0 Å². The highest BCUT2D eigenvalue weighted by atomic mass is 32.2. The van der Waals surface area contributed by atoms with Crippen molar-refractivity contribution in [1.29, 1.82) is 0 Å². The fourth-order valence-electron chi connectivity index (χ4n) is 2.86. The van der Waals surface area contributed by atoms with E-state index in [-0.39, 0.29) is 16.6 Å². The topological polar surface area (TPSA) is 83.9 Å². The summed E-state index contributed by atoms with van der Waals surface area (Å²) in [5, 5.41) is 8.14. The van der Waals surface area contributed by atoms with Gasteiger partial charge in [-0.3, -0.25) is 4.90 Å². The molecule has 0 aliphatic carbocycles. The van der Waals surface area contributed by atoms with Gasteiger partial charge in [0, 0.05) is 19.6 Å². The Labute approximate surface area is 113 Å². The Bertz CT molecular complexity index is 431.